The van der Waals surface area contributed by atoms with Crippen molar-refractivity contribution in [3.05, 3.63) is 35.4 Å². The van der Waals surface area contributed by atoms with E-state index in [4.69, 9.17) is 5.73 Å². The number of nitrogens with zero attached hydrogens (tertiary/aromatic N) is 1. The van der Waals surface area contributed by atoms with Crippen LogP contribution in [0.2, 0.25) is 0 Å². The molecule has 1 amide bonds. The number of rotatable bonds is 4. The van der Waals surface area contributed by atoms with Gasteiger partial charge in [-0.15, -0.1) is 0 Å². The number of fused-ring (bicyclic) bond motifs is 1. The molecule has 0 fully saturated rings. The van der Waals surface area contributed by atoms with E-state index in [1.807, 2.05) is 13.1 Å². The van der Waals surface area contributed by atoms with Crippen LogP contribution in [-0.2, 0) is 11.2 Å². The first kappa shape index (κ1) is 13.8. The van der Waals surface area contributed by atoms with E-state index in [1.54, 1.807) is 4.90 Å². The topological polar surface area (TPSA) is 46.3 Å². The second-order valence-corrected chi connectivity index (χ2v) is 5.36. The number of nitrogens with two attached hydrogens (primary N) is 1. The molecular weight excluding hydrogens is 236 g/mol. The lowest BCUT2D eigenvalue weighted by atomic mass is 9.92. The average molecular weight is 258 g/mol. The van der Waals surface area contributed by atoms with Crippen molar-refractivity contribution in [1.29, 1.82) is 0 Å². The number of benzene rings is 1. The van der Waals surface area contributed by atoms with Crippen molar-refractivity contribution in [2.24, 2.45) is 11.7 Å². The molecule has 1 aromatic carbocycles. The van der Waals surface area contributed by atoms with E-state index in [9.17, 15) is 4.79 Å². The second-order valence-electron chi connectivity index (χ2n) is 5.36. The minimum atomic E-state index is 0.171. The van der Waals surface area contributed by atoms with Gasteiger partial charge in [0.15, 0.2) is 0 Å². The van der Waals surface area contributed by atoms with E-state index >= 15 is 0 Å². The molecule has 2 N–H and O–H groups in total. The van der Waals surface area contributed by atoms with Gasteiger partial charge in [-0.3, -0.25) is 4.79 Å². The van der Waals surface area contributed by atoms with Gasteiger partial charge in [0.1, 0.15) is 0 Å². The largest absolute Gasteiger partial charge is 0.330 e. The molecular formula is C16H22N2O. The summed E-state index contributed by atoms with van der Waals surface area (Å²) in [5.41, 5.74) is 10.3. The van der Waals surface area contributed by atoms with Gasteiger partial charge in [0.2, 0.25) is 5.91 Å². The van der Waals surface area contributed by atoms with Crippen LogP contribution in [0.3, 0.4) is 0 Å². The number of carbonyl (C=O) groups excluding carboxylic acids is 1. The monoisotopic (exact) mass is 258 g/mol. The molecule has 19 heavy (non-hydrogen) atoms. The number of amides is 1. The highest BCUT2D eigenvalue weighted by atomic mass is 16.2. The molecule has 1 aromatic rings. The highest BCUT2D eigenvalue weighted by Crippen LogP contribution is 2.32. The first-order valence-corrected chi connectivity index (χ1v) is 6.84. The zero-order valence-corrected chi connectivity index (χ0v) is 11.9. The van der Waals surface area contributed by atoms with Crippen LogP contribution >= 0.6 is 0 Å². The summed E-state index contributed by atoms with van der Waals surface area (Å²) in [6.07, 6.45) is 3.62. The maximum Gasteiger partial charge on any atom is 0.231 e. The van der Waals surface area contributed by atoms with Crippen molar-refractivity contribution in [3.63, 3.8) is 0 Å². The van der Waals surface area contributed by atoms with Gasteiger partial charge in [0.05, 0.1) is 6.42 Å². The smallest absolute Gasteiger partial charge is 0.231 e. The zero-order valence-electron chi connectivity index (χ0n) is 11.9. The lowest BCUT2D eigenvalue weighted by Crippen LogP contribution is -2.20. The molecule has 0 aliphatic carbocycles. The summed E-state index contributed by atoms with van der Waals surface area (Å²) < 4.78 is 0. The molecule has 0 radical (unpaired) electrons. The summed E-state index contributed by atoms with van der Waals surface area (Å²) in [6.45, 7) is 5.04. The molecule has 0 saturated carbocycles. The SMILES string of the molecule is CC(C)/C(=C\CCN)c1ccc2c(c1)CC(=O)N2C. The summed E-state index contributed by atoms with van der Waals surface area (Å²) >= 11 is 0. The van der Waals surface area contributed by atoms with Crippen molar-refractivity contribution in [2.45, 2.75) is 26.7 Å². The predicted octanol–water partition coefficient (Wildman–Crippen LogP) is 2.59. The molecule has 1 aliphatic rings. The van der Waals surface area contributed by atoms with Crippen molar-refractivity contribution in [1.82, 2.24) is 0 Å². The molecule has 1 heterocycles. The summed E-state index contributed by atoms with van der Waals surface area (Å²) in [7, 11) is 1.83. The van der Waals surface area contributed by atoms with E-state index in [-0.39, 0.29) is 5.91 Å². The Bertz CT molecular complexity index is 517. The number of allylic oxidation sites excluding steroid dienone is 1. The summed E-state index contributed by atoms with van der Waals surface area (Å²) in [4.78, 5) is 13.4. The standard InChI is InChI=1S/C16H22N2O/c1-11(2)14(5-4-8-17)12-6-7-15-13(9-12)10-16(19)18(15)3/h5-7,9,11H,4,8,10,17H2,1-3H3/b14-5+. The fourth-order valence-corrected chi connectivity index (χ4v) is 2.58. The van der Waals surface area contributed by atoms with Crippen LogP contribution < -0.4 is 10.6 Å². The Morgan fingerprint density at radius 2 is 2.21 bits per heavy atom. The van der Waals surface area contributed by atoms with E-state index in [1.165, 1.54) is 11.1 Å². The summed E-state index contributed by atoms with van der Waals surface area (Å²) in [5.74, 6) is 0.628. The number of hydrogen-bond donors (Lipinski definition) is 1. The molecule has 1 aliphatic heterocycles. The van der Waals surface area contributed by atoms with Crippen LogP contribution in [0.25, 0.3) is 5.57 Å². The van der Waals surface area contributed by atoms with Crippen LogP contribution in [0.1, 0.15) is 31.4 Å². The fourth-order valence-electron chi connectivity index (χ4n) is 2.58. The molecule has 3 nitrogen and oxygen atoms in total. The lowest BCUT2D eigenvalue weighted by molar-refractivity contribution is -0.117. The first-order valence-electron chi connectivity index (χ1n) is 6.84. The summed E-state index contributed by atoms with van der Waals surface area (Å²) in [6, 6.07) is 6.31. The highest BCUT2D eigenvalue weighted by molar-refractivity contribution is 6.01. The van der Waals surface area contributed by atoms with Crippen LogP contribution in [0.15, 0.2) is 24.3 Å². The minimum absolute atomic E-state index is 0.171. The first-order chi connectivity index (χ1) is 9.04. The van der Waals surface area contributed by atoms with E-state index in [0.29, 0.717) is 18.9 Å². The van der Waals surface area contributed by atoms with Gasteiger partial charge in [-0.1, -0.05) is 26.0 Å². The molecule has 0 bridgehead atoms. The molecule has 0 saturated heterocycles. The molecule has 0 atom stereocenters. The summed E-state index contributed by atoms with van der Waals surface area (Å²) in [5, 5.41) is 0. The van der Waals surface area contributed by atoms with Gasteiger partial charge in [-0.2, -0.15) is 0 Å². The lowest BCUT2D eigenvalue weighted by Gasteiger charge is -2.15. The molecule has 0 aromatic heterocycles. The van der Waals surface area contributed by atoms with Crippen LogP contribution in [0, 0.1) is 5.92 Å². The average Bonchev–Trinajstić information content (AvgIpc) is 2.65. The van der Waals surface area contributed by atoms with Crippen molar-refractivity contribution < 1.29 is 4.79 Å². The fraction of sp³-hybridized carbons (Fsp3) is 0.438. The Labute approximate surface area is 115 Å². The number of hydrogen-bond acceptors (Lipinski definition) is 2. The zero-order chi connectivity index (χ0) is 14.0. The quantitative estimate of drug-likeness (QED) is 0.902. The van der Waals surface area contributed by atoms with Crippen LogP contribution in [-0.4, -0.2) is 19.5 Å². The van der Waals surface area contributed by atoms with Gasteiger partial charge < -0.3 is 10.6 Å². The van der Waals surface area contributed by atoms with Gasteiger partial charge in [0, 0.05) is 12.7 Å². The third kappa shape index (κ3) is 2.71. The minimum Gasteiger partial charge on any atom is -0.330 e. The van der Waals surface area contributed by atoms with Crippen molar-refractivity contribution in [2.75, 3.05) is 18.5 Å². The maximum absolute atomic E-state index is 11.7. The van der Waals surface area contributed by atoms with Gasteiger partial charge >= 0.3 is 0 Å². The molecule has 102 valence electrons. The Balaban J connectivity index is 2.37. The number of carbonyl (C=O) groups is 1. The molecule has 0 unspecified atom stereocenters. The van der Waals surface area contributed by atoms with E-state index in [0.717, 1.165) is 17.7 Å². The Hall–Kier alpha value is -1.61. The second kappa shape index (κ2) is 5.57. The van der Waals surface area contributed by atoms with Gasteiger partial charge in [-0.25, -0.2) is 0 Å². The Kier molecular flexibility index (Phi) is 4.05. The predicted molar refractivity (Wildman–Crippen MR) is 80.0 cm³/mol. The maximum atomic E-state index is 11.7. The molecule has 3 heteroatoms. The van der Waals surface area contributed by atoms with Crippen LogP contribution in [0.5, 0.6) is 0 Å². The Morgan fingerprint density at radius 3 is 2.84 bits per heavy atom. The van der Waals surface area contributed by atoms with Gasteiger partial charge in [-0.05, 0) is 47.7 Å². The molecule has 0 spiro atoms. The highest BCUT2D eigenvalue weighted by Gasteiger charge is 2.24. The normalized spacial score (nSPS) is 15.3. The Morgan fingerprint density at radius 1 is 1.47 bits per heavy atom. The number of anilines is 1. The van der Waals surface area contributed by atoms with Gasteiger partial charge in [0.25, 0.3) is 0 Å². The van der Waals surface area contributed by atoms with E-state index < -0.39 is 0 Å². The van der Waals surface area contributed by atoms with E-state index in [2.05, 4.69) is 32.1 Å². The van der Waals surface area contributed by atoms with Crippen LogP contribution in [0.4, 0.5) is 5.69 Å². The number of likely N-dealkylation sites (N-methyl/N-ethyl adjacent to an activating group) is 1. The van der Waals surface area contributed by atoms with Crippen molar-refractivity contribution >= 4 is 17.2 Å². The third-order valence-corrected chi connectivity index (χ3v) is 3.64. The van der Waals surface area contributed by atoms with Crippen molar-refractivity contribution in [3.8, 4) is 0 Å². The third-order valence-electron chi connectivity index (χ3n) is 3.64. The molecule has 2 rings (SSSR count).